The quantitative estimate of drug-likeness (QED) is 0.776. The van der Waals surface area contributed by atoms with Gasteiger partial charge in [-0.15, -0.1) is 0 Å². The van der Waals surface area contributed by atoms with Gasteiger partial charge >= 0.3 is 5.97 Å². The van der Waals surface area contributed by atoms with Gasteiger partial charge in [-0.1, -0.05) is 29.5 Å². The number of nitrogens with zero attached hydrogens (tertiary/aromatic N) is 4. The van der Waals surface area contributed by atoms with Gasteiger partial charge in [0.15, 0.2) is 5.13 Å². The molecule has 0 unspecified atom stereocenters. The van der Waals surface area contributed by atoms with Crippen LogP contribution in [0.4, 0.5) is 5.13 Å². The van der Waals surface area contributed by atoms with Gasteiger partial charge in [0.05, 0.1) is 15.9 Å². The molecule has 1 aliphatic rings. The molecule has 2 aromatic heterocycles. The highest BCUT2D eigenvalue weighted by Gasteiger charge is 2.33. The molecule has 0 amide bonds. The average molecular weight is 354 g/mol. The van der Waals surface area contributed by atoms with Gasteiger partial charge in [-0.2, -0.15) is 0 Å². The first-order valence-corrected chi connectivity index (χ1v) is 8.99. The number of piperazine rings is 1. The number of hydrogen-bond donors (Lipinski definition) is 1. The molecule has 25 heavy (non-hydrogen) atoms. The number of fused-ring (bicyclic) bond motifs is 1. The highest BCUT2D eigenvalue weighted by atomic mass is 32.1. The molecule has 3 heterocycles. The topological polar surface area (TPSA) is 69.6 Å². The maximum atomic E-state index is 11.8. The zero-order chi connectivity index (χ0) is 17.2. The highest BCUT2D eigenvalue weighted by molar-refractivity contribution is 7.22. The molecule has 128 valence electrons. The monoisotopic (exact) mass is 354 g/mol. The summed E-state index contributed by atoms with van der Waals surface area (Å²) in [5, 5.41) is 10.6. The zero-order valence-corrected chi connectivity index (χ0v) is 14.4. The second-order valence-corrected chi connectivity index (χ2v) is 7.06. The van der Waals surface area contributed by atoms with Gasteiger partial charge in [0.25, 0.3) is 0 Å². The van der Waals surface area contributed by atoms with Crippen molar-refractivity contribution in [1.82, 2.24) is 14.9 Å². The number of carboxylic acids is 1. The smallest absolute Gasteiger partial charge is 0.322 e. The number of carbonyl (C=O) groups is 1. The number of aromatic nitrogens is 2. The van der Waals surface area contributed by atoms with E-state index in [1.165, 1.54) is 0 Å². The Balaban J connectivity index is 1.53. The van der Waals surface area contributed by atoms with Crippen molar-refractivity contribution in [2.75, 3.05) is 24.5 Å². The lowest BCUT2D eigenvalue weighted by atomic mass is 10.1. The predicted molar refractivity (Wildman–Crippen MR) is 97.9 cm³/mol. The van der Waals surface area contributed by atoms with E-state index >= 15 is 0 Å². The van der Waals surface area contributed by atoms with Crippen molar-refractivity contribution < 1.29 is 9.90 Å². The van der Waals surface area contributed by atoms with Crippen LogP contribution in [-0.4, -0.2) is 51.6 Å². The number of pyridine rings is 1. The summed E-state index contributed by atoms with van der Waals surface area (Å²) in [5.74, 6) is -0.804. The SMILES string of the molecule is O=C(O)[C@H]1CN(c2nc3ccccc3s2)CCN1Cc1ccccn1. The standard InChI is InChI=1S/C18H18N4O2S/c23-17(24)15-12-22(18-20-14-6-1-2-7-16(14)25-18)10-9-21(15)11-13-5-3-4-8-19-13/h1-8,15H,9-12H2,(H,23,24)/t15-/m1/s1. The van der Waals surface area contributed by atoms with E-state index in [0.29, 0.717) is 19.6 Å². The van der Waals surface area contributed by atoms with Crippen molar-refractivity contribution in [3.8, 4) is 0 Å². The lowest BCUT2D eigenvalue weighted by Crippen LogP contribution is -2.56. The molecule has 0 radical (unpaired) electrons. The Labute approximate surface area is 149 Å². The molecule has 1 aromatic carbocycles. The van der Waals surface area contributed by atoms with Crippen LogP contribution in [0.1, 0.15) is 5.69 Å². The second kappa shape index (κ2) is 6.78. The van der Waals surface area contributed by atoms with Crippen LogP contribution in [0, 0.1) is 0 Å². The number of carboxylic acid groups (broad SMARTS) is 1. The molecular formula is C18H18N4O2S. The summed E-state index contributed by atoms with van der Waals surface area (Å²) >= 11 is 1.61. The molecule has 6 nitrogen and oxygen atoms in total. The van der Waals surface area contributed by atoms with Gasteiger partial charge < -0.3 is 10.0 Å². The Bertz CT molecular complexity index is 850. The molecule has 1 fully saturated rings. The Morgan fingerprint density at radius 2 is 2.04 bits per heavy atom. The minimum Gasteiger partial charge on any atom is -0.480 e. The normalized spacial score (nSPS) is 18.6. The van der Waals surface area contributed by atoms with Crippen molar-refractivity contribution in [3.05, 3.63) is 54.4 Å². The van der Waals surface area contributed by atoms with Gasteiger partial charge in [-0.25, -0.2) is 4.98 Å². The van der Waals surface area contributed by atoms with E-state index < -0.39 is 12.0 Å². The van der Waals surface area contributed by atoms with Crippen molar-refractivity contribution >= 4 is 32.7 Å². The maximum absolute atomic E-state index is 11.8. The Hall–Kier alpha value is -2.51. The van der Waals surface area contributed by atoms with Crippen LogP contribution < -0.4 is 4.90 Å². The number of anilines is 1. The van der Waals surface area contributed by atoms with E-state index in [9.17, 15) is 9.90 Å². The fourth-order valence-corrected chi connectivity index (χ4v) is 4.11. The fraction of sp³-hybridized carbons (Fsp3) is 0.278. The highest BCUT2D eigenvalue weighted by Crippen LogP contribution is 2.30. The van der Waals surface area contributed by atoms with Crippen molar-refractivity contribution in [1.29, 1.82) is 0 Å². The average Bonchev–Trinajstić information content (AvgIpc) is 3.07. The third kappa shape index (κ3) is 3.33. The molecule has 1 aliphatic heterocycles. The number of thiazole rings is 1. The van der Waals surface area contributed by atoms with Crippen LogP contribution in [0.15, 0.2) is 48.7 Å². The Kier molecular flexibility index (Phi) is 4.33. The minimum absolute atomic E-state index is 0.433. The summed E-state index contributed by atoms with van der Waals surface area (Å²) in [4.78, 5) is 24.8. The summed E-state index contributed by atoms with van der Waals surface area (Å²) in [7, 11) is 0. The van der Waals surface area contributed by atoms with E-state index in [-0.39, 0.29) is 0 Å². The van der Waals surface area contributed by atoms with Gasteiger partial charge in [-0.05, 0) is 24.3 Å². The van der Waals surface area contributed by atoms with Crippen LogP contribution in [-0.2, 0) is 11.3 Å². The summed E-state index contributed by atoms with van der Waals surface area (Å²) in [6.07, 6.45) is 1.74. The van der Waals surface area contributed by atoms with Gasteiger partial charge in [0.2, 0.25) is 0 Å². The Morgan fingerprint density at radius 1 is 1.20 bits per heavy atom. The summed E-state index contributed by atoms with van der Waals surface area (Å²) in [5.41, 5.74) is 1.85. The molecule has 0 spiro atoms. The summed E-state index contributed by atoms with van der Waals surface area (Å²) in [6.45, 7) is 2.41. The van der Waals surface area contributed by atoms with E-state index in [0.717, 1.165) is 27.6 Å². The number of rotatable bonds is 4. The summed E-state index contributed by atoms with van der Waals surface area (Å²) < 4.78 is 1.13. The molecular weight excluding hydrogens is 336 g/mol. The van der Waals surface area contributed by atoms with E-state index in [1.54, 1.807) is 17.5 Å². The molecule has 1 saturated heterocycles. The van der Waals surface area contributed by atoms with E-state index in [1.807, 2.05) is 47.4 Å². The Morgan fingerprint density at radius 3 is 2.80 bits per heavy atom. The first-order valence-electron chi connectivity index (χ1n) is 8.18. The molecule has 0 saturated carbocycles. The van der Waals surface area contributed by atoms with Crippen LogP contribution in [0.3, 0.4) is 0 Å². The van der Waals surface area contributed by atoms with Gasteiger partial charge in [0.1, 0.15) is 6.04 Å². The lowest BCUT2D eigenvalue weighted by molar-refractivity contribution is -0.143. The van der Waals surface area contributed by atoms with E-state index in [2.05, 4.69) is 14.9 Å². The molecule has 0 aliphatic carbocycles. The van der Waals surface area contributed by atoms with Crippen molar-refractivity contribution in [3.63, 3.8) is 0 Å². The van der Waals surface area contributed by atoms with E-state index in [4.69, 9.17) is 0 Å². The molecule has 0 bridgehead atoms. The molecule has 1 N–H and O–H groups in total. The lowest BCUT2D eigenvalue weighted by Gasteiger charge is -2.39. The third-order valence-electron chi connectivity index (χ3n) is 4.42. The third-order valence-corrected chi connectivity index (χ3v) is 5.52. The van der Waals surface area contributed by atoms with Crippen molar-refractivity contribution in [2.45, 2.75) is 12.6 Å². The van der Waals surface area contributed by atoms with Crippen LogP contribution in [0.25, 0.3) is 10.2 Å². The molecule has 3 aromatic rings. The number of benzene rings is 1. The zero-order valence-electron chi connectivity index (χ0n) is 13.6. The number of hydrogen-bond acceptors (Lipinski definition) is 6. The molecule has 7 heteroatoms. The maximum Gasteiger partial charge on any atom is 0.322 e. The minimum atomic E-state index is -0.804. The molecule has 1 atom stereocenters. The summed E-state index contributed by atoms with van der Waals surface area (Å²) in [6, 6.07) is 13.1. The second-order valence-electron chi connectivity index (χ2n) is 6.06. The van der Waals surface area contributed by atoms with Crippen LogP contribution in [0.2, 0.25) is 0 Å². The molecule has 4 rings (SSSR count). The first-order chi connectivity index (χ1) is 12.2. The van der Waals surface area contributed by atoms with Gasteiger partial charge in [-0.3, -0.25) is 14.7 Å². The largest absolute Gasteiger partial charge is 0.480 e. The number of aliphatic carboxylic acids is 1. The predicted octanol–water partition coefficient (Wildman–Crippen LogP) is 2.47. The fourth-order valence-electron chi connectivity index (χ4n) is 3.11. The van der Waals surface area contributed by atoms with Crippen LogP contribution >= 0.6 is 11.3 Å². The number of para-hydroxylation sites is 1. The van der Waals surface area contributed by atoms with Crippen LogP contribution in [0.5, 0.6) is 0 Å². The van der Waals surface area contributed by atoms with Gasteiger partial charge in [0, 0.05) is 32.4 Å². The van der Waals surface area contributed by atoms with Crippen molar-refractivity contribution in [2.24, 2.45) is 0 Å². The first kappa shape index (κ1) is 16.0.